The maximum absolute atomic E-state index is 13.5. The minimum absolute atomic E-state index is 0.122. The number of hydrogen-bond donors (Lipinski definition) is 1. The van der Waals surface area contributed by atoms with Gasteiger partial charge in [-0.1, -0.05) is 6.07 Å². The van der Waals surface area contributed by atoms with E-state index < -0.39 is 17.1 Å². The predicted octanol–water partition coefficient (Wildman–Crippen LogP) is 1.48. The Kier molecular flexibility index (Phi) is 3.79. The summed E-state index contributed by atoms with van der Waals surface area (Å²) in [4.78, 5) is 27.8. The lowest BCUT2D eigenvalue weighted by Crippen LogP contribution is -2.65. The van der Waals surface area contributed by atoms with Crippen LogP contribution in [0.1, 0.15) is 36.5 Å². The molecule has 7 heteroatoms. The Balaban J connectivity index is 2.11. The van der Waals surface area contributed by atoms with E-state index in [-0.39, 0.29) is 30.3 Å². The summed E-state index contributed by atoms with van der Waals surface area (Å²) in [6, 6.07) is 3.54. The summed E-state index contributed by atoms with van der Waals surface area (Å²) >= 11 is 0. The predicted molar refractivity (Wildman–Crippen MR) is 95.6 cm³/mol. The lowest BCUT2D eigenvalue weighted by molar-refractivity contribution is -0.143. The van der Waals surface area contributed by atoms with Gasteiger partial charge in [0.15, 0.2) is 17.3 Å². The molecule has 1 fully saturated rings. The molecule has 0 spiro atoms. The van der Waals surface area contributed by atoms with Crippen LogP contribution in [0.3, 0.4) is 0 Å². The number of Topliss-reactive ketones (excluding diaryl/α,β-unsaturated/α-hetero) is 1. The number of carbonyl (C=O) groups is 2. The van der Waals surface area contributed by atoms with Gasteiger partial charge in [-0.2, -0.15) is 0 Å². The number of nitrogens with zero attached hydrogens (tertiary/aromatic N) is 1. The van der Waals surface area contributed by atoms with Crippen molar-refractivity contribution in [2.24, 2.45) is 0 Å². The molecular formula is C20H23NO6. The molecule has 2 aliphatic carbocycles. The molecule has 1 aliphatic heterocycles. The fourth-order valence-corrected chi connectivity index (χ4v) is 5.33. The zero-order valence-corrected chi connectivity index (χ0v) is 15.9. The van der Waals surface area contributed by atoms with Crippen LogP contribution in [0.15, 0.2) is 24.0 Å². The number of fused-ring (bicyclic) bond motifs is 1. The minimum atomic E-state index is -1.21. The van der Waals surface area contributed by atoms with Gasteiger partial charge in [0.2, 0.25) is 11.7 Å². The number of benzene rings is 1. The number of carbonyl (C=O) groups excluding carboxylic acids is 2. The molecule has 3 atom stereocenters. The highest BCUT2D eigenvalue weighted by Gasteiger charge is 2.71. The zero-order valence-electron chi connectivity index (χ0n) is 15.9. The topological polar surface area (TPSA) is 85.3 Å². The molecule has 0 saturated carbocycles. The van der Waals surface area contributed by atoms with Gasteiger partial charge in [0.1, 0.15) is 5.54 Å². The summed E-state index contributed by atoms with van der Waals surface area (Å²) < 4.78 is 16.4. The minimum Gasteiger partial charge on any atom is -0.493 e. The SMILES string of the molecule is COC1=CC[C@]23CC(=O)N(C)[C@]2(C[C@H](O)c2ccc(OC)c(OC)c23)C1=O. The van der Waals surface area contributed by atoms with Gasteiger partial charge < -0.3 is 24.2 Å². The summed E-state index contributed by atoms with van der Waals surface area (Å²) in [6.07, 6.45) is 1.54. The van der Waals surface area contributed by atoms with Crippen molar-refractivity contribution in [3.8, 4) is 11.5 Å². The molecule has 1 N–H and O–H groups in total. The van der Waals surface area contributed by atoms with Crippen LogP contribution in [0, 0.1) is 0 Å². The van der Waals surface area contributed by atoms with E-state index in [0.717, 1.165) is 0 Å². The number of aliphatic hydroxyl groups excluding tert-OH is 1. The average molecular weight is 373 g/mol. The third-order valence-corrected chi connectivity index (χ3v) is 6.55. The summed E-state index contributed by atoms with van der Waals surface area (Å²) in [5.41, 5.74) is -0.697. The van der Waals surface area contributed by atoms with Gasteiger partial charge in [0.25, 0.3) is 0 Å². The molecule has 1 aromatic rings. The molecule has 7 nitrogen and oxygen atoms in total. The van der Waals surface area contributed by atoms with Crippen molar-refractivity contribution >= 4 is 11.7 Å². The second-order valence-corrected chi connectivity index (χ2v) is 7.36. The van der Waals surface area contributed by atoms with Crippen molar-refractivity contribution in [1.82, 2.24) is 4.90 Å². The first-order valence-electron chi connectivity index (χ1n) is 8.87. The highest BCUT2D eigenvalue weighted by molar-refractivity contribution is 6.09. The molecule has 27 heavy (non-hydrogen) atoms. The Morgan fingerprint density at radius 2 is 1.89 bits per heavy atom. The Morgan fingerprint density at radius 3 is 2.52 bits per heavy atom. The van der Waals surface area contributed by atoms with E-state index >= 15 is 0 Å². The molecular weight excluding hydrogens is 350 g/mol. The maximum atomic E-state index is 13.5. The van der Waals surface area contributed by atoms with E-state index in [1.165, 1.54) is 26.2 Å². The van der Waals surface area contributed by atoms with E-state index in [4.69, 9.17) is 14.2 Å². The van der Waals surface area contributed by atoms with Crippen LogP contribution < -0.4 is 9.47 Å². The third kappa shape index (κ3) is 1.90. The van der Waals surface area contributed by atoms with Crippen molar-refractivity contribution in [1.29, 1.82) is 0 Å². The molecule has 4 rings (SSSR count). The Hall–Kier alpha value is -2.54. The maximum Gasteiger partial charge on any atom is 0.224 e. The first-order valence-corrected chi connectivity index (χ1v) is 8.87. The smallest absolute Gasteiger partial charge is 0.224 e. The van der Waals surface area contributed by atoms with Crippen LogP contribution >= 0.6 is 0 Å². The first-order chi connectivity index (χ1) is 12.9. The summed E-state index contributed by atoms with van der Waals surface area (Å²) in [7, 11) is 6.14. The molecule has 3 aliphatic rings. The van der Waals surface area contributed by atoms with Crippen LogP contribution in [0.5, 0.6) is 11.5 Å². The van der Waals surface area contributed by atoms with Gasteiger partial charge in [-0.15, -0.1) is 0 Å². The highest BCUT2D eigenvalue weighted by atomic mass is 16.5. The van der Waals surface area contributed by atoms with E-state index in [0.29, 0.717) is 29.0 Å². The van der Waals surface area contributed by atoms with Crippen molar-refractivity contribution < 1.29 is 28.9 Å². The number of ether oxygens (including phenoxy) is 3. The Bertz CT molecular complexity index is 877. The van der Waals surface area contributed by atoms with E-state index in [2.05, 4.69) is 0 Å². The average Bonchev–Trinajstić information content (AvgIpc) is 2.90. The largest absolute Gasteiger partial charge is 0.493 e. The molecule has 0 aromatic heterocycles. The van der Waals surface area contributed by atoms with E-state index in [1.54, 1.807) is 25.3 Å². The lowest BCUT2D eigenvalue weighted by atomic mass is 9.53. The quantitative estimate of drug-likeness (QED) is 0.864. The number of allylic oxidation sites excluding steroid dienone is 1. The summed E-state index contributed by atoms with van der Waals surface area (Å²) in [6.45, 7) is 0. The molecule has 0 radical (unpaired) electrons. The molecule has 1 aromatic carbocycles. The number of likely N-dealkylation sites (N-methyl/N-ethyl adjacent to an activating group) is 1. The summed E-state index contributed by atoms with van der Waals surface area (Å²) in [5.74, 6) is 0.774. The second-order valence-electron chi connectivity index (χ2n) is 7.36. The Labute approximate surface area is 157 Å². The molecule has 0 unspecified atom stereocenters. The van der Waals surface area contributed by atoms with Crippen molar-refractivity contribution in [3.63, 3.8) is 0 Å². The van der Waals surface area contributed by atoms with Gasteiger partial charge in [0.05, 0.1) is 27.4 Å². The molecule has 0 bridgehead atoms. The van der Waals surface area contributed by atoms with Gasteiger partial charge in [0, 0.05) is 30.9 Å². The second kappa shape index (κ2) is 5.73. The lowest BCUT2D eigenvalue weighted by Gasteiger charge is -2.54. The zero-order chi connectivity index (χ0) is 19.6. The third-order valence-electron chi connectivity index (χ3n) is 6.55. The van der Waals surface area contributed by atoms with Crippen LogP contribution in [0.4, 0.5) is 0 Å². The fraction of sp³-hybridized carbons (Fsp3) is 0.500. The Morgan fingerprint density at radius 1 is 1.15 bits per heavy atom. The van der Waals surface area contributed by atoms with Crippen LogP contribution in [-0.4, -0.2) is 55.6 Å². The molecule has 1 amide bonds. The number of methoxy groups -OCH3 is 3. The first kappa shape index (κ1) is 17.9. The molecule has 1 heterocycles. The molecule has 144 valence electrons. The highest BCUT2D eigenvalue weighted by Crippen LogP contribution is 2.64. The number of rotatable bonds is 3. The number of likely N-dealkylation sites (tertiary alicyclic amines) is 1. The number of amides is 1. The van der Waals surface area contributed by atoms with Crippen molar-refractivity contribution in [2.75, 3.05) is 28.4 Å². The van der Waals surface area contributed by atoms with Crippen molar-refractivity contribution in [2.45, 2.75) is 36.3 Å². The van der Waals surface area contributed by atoms with E-state index in [1.807, 2.05) is 0 Å². The van der Waals surface area contributed by atoms with Gasteiger partial charge in [-0.05, 0) is 24.1 Å². The monoisotopic (exact) mass is 373 g/mol. The van der Waals surface area contributed by atoms with Gasteiger partial charge in [-0.25, -0.2) is 0 Å². The number of ketones is 1. The standard InChI is InChI=1S/C20H23NO6/c1-21-15(23)10-19-8-7-14(26-3)18(24)20(19,21)9-12(22)11-5-6-13(25-2)17(27-4)16(11)19/h5-7,12,22H,8-10H2,1-4H3/t12-,19+,20+/m0/s1. The fourth-order valence-electron chi connectivity index (χ4n) is 5.33. The van der Waals surface area contributed by atoms with Crippen LogP contribution in [0.25, 0.3) is 0 Å². The van der Waals surface area contributed by atoms with E-state index in [9.17, 15) is 14.7 Å². The number of hydrogen-bond acceptors (Lipinski definition) is 6. The molecule has 1 saturated heterocycles. The van der Waals surface area contributed by atoms with Crippen LogP contribution in [-0.2, 0) is 19.7 Å². The van der Waals surface area contributed by atoms with Crippen LogP contribution in [0.2, 0.25) is 0 Å². The van der Waals surface area contributed by atoms with Gasteiger partial charge >= 0.3 is 0 Å². The van der Waals surface area contributed by atoms with Crippen molar-refractivity contribution in [3.05, 3.63) is 35.1 Å². The summed E-state index contributed by atoms with van der Waals surface area (Å²) in [5, 5.41) is 11.0. The number of aliphatic hydroxyl groups is 1. The van der Waals surface area contributed by atoms with Gasteiger partial charge in [-0.3, -0.25) is 9.59 Å². The normalized spacial score (nSPS) is 31.7.